The number of nitrogens with zero attached hydrogens (tertiary/aromatic N) is 1. The highest BCUT2D eigenvalue weighted by molar-refractivity contribution is 5.84. The number of amides is 1. The minimum absolute atomic E-state index is 0.0277. The maximum atomic E-state index is 12.7. The van der Waals surface area contributed by atoms with Gasteiger partial charge in [-0.15, -0.1) is 0 Å². The van der Waals surface area contributed by atoms with Crippen molar-refractivity contribution in [1.29, 1.82) is 0 Å². The lowest BCUT2D eigenvalue weighted by Gasteiger charge is -2.31. The quantitative estimate of drug-likeness (QED) is 0.915. The second-order valence-electron chi connectivity index (χ2n) is 6.81. The van der Waals surface area contributed by atoms with E-state index >= 15 is 0 Å². The van der Waals surface area contributed by atoms with Gasteiger partial charge in [-0.2, -0.15) is 0 Å². The zero-order valence-corrected chi connectivity index (χ0v) is 13.4. The summed E-state index contributed by atoms with van der Waals surface area (Å²) in [5.74, 6) is 0.565. The molecule has 6 nitrogen and oxygen atoms in total. The molecular formula is C18H21NO5. The highest BCUT2D eigenvalue weighted by Crippen LogP contribution is 2.50. The van der Waals surface area contributed by atoms with Gasteiger partial charge in [0.1, 0.15) is 13.2 Å². The molecule has 1 saturated heterocycles. The van der Waals surface area contributed by atoms with Gasteiger partial charge in [-0.3, -0.25) is 9.59 Å². The van der Waals surface area contributed by atoms with Crippen LogP contribution in [0.3, 0.4) is 0 Å². The summed E-state index contributed by atoms with van der Waals surface area (Å²) in [6.07, 6.45) is 2.26. The molecule has 0 unspecified atom stereocenters. The minimum Gasteiger partial charge on any atom is -0.486 e. The molecule has 3 aliphatic rings. The van der Waals surface area contributed by atoms with Crippen molar-refractivity contribution in [3.8, 4) is 11.5 Å². The Hall–Kier alpha value is -2.24. The summed E-state index contributed by atoms with van der Waals surface area (Å²) in [7, 11) is 0. The number of hydrogen-bond acceptors (Lipinski definition) is 4. The van der Waals surface area contributed by atoms with Crippen molar-refractivity contribution in [2.24, 2.45) is 11.8 Å². The number of benzene rings is 1. The van der Waals surface area contributed by atoms with Crippen LogP contribution in [0, 0.1) is 11.8 Å². The molecule has 24 heavy (non-hydrogen) atoms. The molecule has 2 aliphatic heterocycles. The number of hydrogen-bond donors (Lipinski definition) is 1. The third kappa shape index (κ3) is 2.81. The Morgan fingerprint density at radius 1 is 1.17 bits per heavy atom. The van der Waals surface area contributed by atoms with Crippen LogP contribution in [0.1, 0.15) is 30.7 Å². The lowest BCUT2D eigenvalue weighted by Crippen LogP contribution is -2.43. The number of piperidine rings is 1. The van der Waals surface area contributed by atoms with Gasteiger partial charge in [0.15, 0.2) is 11.5 Å². The van der Waals surface area contributed by atoms with E-state index in [0.717, 1.165) is 29.9 Å². The number of rotatable bonds is 3. The van der Waals surface area contributed by atoms with E-state index < -0.39 is 11.9 Å². The van der Waals surface area contributed by atoms with E-state index in [1.54, 1.807) is 4.90 Å². The molecule has 4 rings (SSSR count). The maximum absolute atomic E-state index is 12.7. The second kappa shape index (κ2) is 6.00. The van der Waals surface area contributed by atoms with Crippen LogP contribution in [0.4, 0.5) is 0 Å². The number of ether oxygens (including phenoxy) is 2. The topological polar surface area (TPSA) is 76.1 Å². The van der Waals surface area contributed by atoms with Gasteiger partial charge >= 0.3 is 5.97 Å². The summed E-state index contributed by atoms with van der Waals surface area (Å²) < 4.78 is 11.1. The van der Waals surface area contributed by atoms with Gasteiger partial charge in [0.05, 0.1) is 5.92 Å². The smallest absolute Gasteiger partial charge is 0.308 e. The highest BCUT2D eigenvalue weighted by Gasteiger charge is 2.47. The Balaban J connectivity index is 1.42. The number of carbonyl (C=O) groups excluding carboxylic acids is 1. The fourth-order valence-corrected chi connectivity index (χ4v) is 3.74. The van der Waals surface area contributed by atoms with E-state index in [0.29, 0.717) is 32.7 Å². The predicted molar refractivity (Wildman–Crippen MR) is 85.2 cm³/mol. The molecule has 2 fully saturated rings. The molecule has 6 heteroatoms. The first kappa shape index (κ1) is 15.3. The molecule has 1 saturated carbocycles. The van der Waals surface area contributed by atoms with Crippen LogP contribution in [0.25, 0.3) is 0 Å². The molecule has 1 aliphatic carbocycles. The van der Waals surface area contributed by atoms with Gasteiger partial charge in [0, 0.05) is 19.0 Å². The van der Waals surface area contributed by atoms with Gasteiger partial charge < -0.3 is 19.5 Å². The van der Waals surface area contributed by atoms with Crippen LogP contribution in [-0.4, -0.2) is 48.2 Å². The SMILES string of the molecule is O=C(O)[C@@H]1CCCN(C(=O)[C@@H]2C[C@H]2c2ccc3c(c2)OCCO3)C1. The van der Waals surface area contributed by atoms with Crippen LogP contribution in [0.2, 0.25) is 0 Å². The molecule has 128 valence electrons. The minimum atomic E-state index is -0.799. The molecule has 0 spiro atoms. The standard InChI is InChI=1S/C18H21NO5/c20-17(19-5-1-2-12(10-19)18(21)22)14-9-13(14)11-3-4-15-16(8-11)24-7-6-23-15/h3-4,8,12-14H,1-2,5-7,9-10H2,(H,21,22)/t12-,13+,14-/m1/s1. The summed E-state index contributed by atoms with van der Waals surface area (Å²) in [5, 5.41) is 9.17. The summed E-state index contributed by atoms with van der Waals surface area (Å²) in [4.78, 5) is 25.6. The van der Waals surface area contributed by atoms with Gasteiger partial charge in [0.2, 0.25) is 5.91 Å². The first-order valence-electron chi connectivity index (χ1n) is 8.54. The zero-order chi connectivity index (χ0) is 16.7. The predicted octanol–water partition coefficient (Wildman–Crippen LogP) is 1.88. The molecule has 0 radical (unpaired) electrons. The Morgan fingerprint density at radius 3 is 2.75 bits per heavy atom. The molecule has 1 aromatic rings. The van der Waals surface area contributed by atoms with Gasteiger partial charge in [-0.25, -0.2) is 0 Å². The summed E-state index contributed by atoms with van der Waals surface area (Å²) in [5.41, 5.74) is 1.10. The third-order valence-electron chi connectivity index (χ3n) is 5.18. The average Bonchev–Trinajstić information content (AvgIpc) is 3.41. The van der Waals surface area contributed by atoms with Crippen molar-refractivity contribution in [2.45, 2.75) is 25.2 Å². The van der Waals surface area contributed by atoms with Crippen molar-refractivity contribution >= 4 is 11.9 Å². The maximum Gasteiger partial charge on any atom is 0.308 e. The molecular weight excluding hydrogens is 310 g/mol. The number of carboxylic acid groups (broad SMARTS) is 1. The van der Waals surface area contributed by atoms with Crippen LogP contribution >= 0.6 is 0 Å². The fraction of sp³-hybridized carbons (Fsp3) is 0.556. The monoisotopic (exact) mass is 331 g/mol. The van der Waals surface area contributed by atoms with Crippen molar-refractivity contribution in [3.63, 3.8) is 0 Å². The molecule has 0 aromatic heterocycles. The Bertz CT molecular complexity index is 673. The van der Waals surface area contributed by atoms with Crippen LogP contribution in [-0.2, 0) is 9.59 Å². The number of fused-ring (bicyclic) bond motifs is 1. The molecule has 1 aromatic carbocycles. The van der Waals surface area contributed by atoms with Crippen molar-refractivity contribution in [1.82, 2.24) is 4.90 Å². The van der Waals surface area contributed by atoms with E-state index in [9.17, 15) is 14.7 Å². The summed E-state index contributed by atoms with van der Waals surface area (Å²) in [6, 6.07) is 5.88. The van der Waals surface area contributed by atoms with E-state index in [4.69, 9.17) is 9.47 Å². The number of carboxylic acids is 1. The summed E-state index contributed by atoms with van der Waals surface area (Å²) in [6.45, 7) is 2.13. The van der Waals surface area contributed by atoms with Crippen LogP contribution < -0.4 is 9.47 Å². The van der Waals surface area contributed by atoms with Crippen molar-refractivity contribution in [2.75, 3.05) is 26.3 Å². The Kier molecular flexibility index (Phi) is 3.82. The highest BCUT2D eigenvalue weighted by atomic mass is 16.6. The summed E-state index contributed by atoms with van der Waals surface area (Å²) >= 11 is 0. The Labute approximate surface area is 140 Å². The Morgan fingerprint density at radius 2 is 1.96 bits per heavy atom. The van der Waals surface area contributed by atoms with Crippen LogP contribution in [0.15, 0.2) is 18.2 Å². The molecule has 1 amide bonds. The van der Waals surface area contributed by atoms with E-state index in [2.05, 4.69) is 0 Å². The van der Waals surface area contributed by atoms with Crippen LogP contribution in [0.5, 0.6) is 11.5 Å². The normalized spacial score (nSPS) is 28.3. The lowest BCUT2D eigenvalue weighted by molar-refractivity contribution is -0.146. The average molecular weight is 331 g/mol. The molecule has 2 heterocycles. The molecule has 1 N–H and O–H groups in total. The van der Waals surface area contributed by atoms with E-state index in [-0.39, 0.29) is 17.7 Å². The first-order chi connectivity index (χ1) is 11.6. The van der Waals surface area contributed by atoms with Gasteiger partial charge in [0.25, 0.3) is 0 Å². The number of carbonyl (C=O) groups is 2. The fourth-order valence-electron chi connectivity index (χ4n) is 3.74. The van der Waals surface area contributed by atoms with Gasteiger partial charge in [-0.1, -0.05) is 6.07 Å². The zero-order valence-electron chi connectivity index (χ0n) is 13.4. The second-order valence-corrected chi connectivity index (χ2v) is 6.81. The van der Waals surface area contributed by atoms with E-state index in [1.807, 2.05) is 18.2 Å². The van der Waals surface area contributed by atoms with Crippen molar-refractivity contribution in [3.05, 3.63) is 23.8 Å². The molecule has 3 atom stereocenters. The number of likely N-dealkylation sites (tertiary alicyclic amines) is 1. The lowest BCUT2D eigenvalue weighted by atomic mass is 9.97. The third-order valence-corrected chi connectivity index (χ3v) is 5.18. The van der Waals surface area contributed by atoms with Crippen molar-refractivity contribution < 1.29 is 24.2 Å². The van der Waals surface area contributed by atoms with Gasteiger partial charge in [-0.05, 0) is 42.9 Å². The largest absolute Gasteiger partial charge is 0.486 e. The first-order valence-corrected chi connectivity index (χ1v) is 8.54. The number of aliphatic carboxylic acids is 1. The molecule has 0 bridgehead atoms. The van der Waals surface area contributed by atoms with E-state index in [1.165, 1.54) is 0 Å².